The van der Waals surface area contributed by atoms with Gasteiger partial charge in [0.25, 0.3) is 11.8 Å². The van der Waals surface area contributed by atoms with E-state index in [0.717, 1.165) is 33.3 Å². The average Bonchev–Trinajstić information content (AvgIpc) is 3.35. The number of benzodiazepines with no additional fused rings is 1. The third kappa shape index (κ3) is 4.41. The number of aromatic nitrogens is 1. The van der Waals surface area contributed by atoms with Gasteiger partial charge in [-0.1, -0.05) is 97.1 Å². The van der Waals surface area contributed by atoms with Crippen LogP contribution in [0.25, 0.3) is 10.9 Å². The summed E-state index contributed by atoms with van der Waals surface area (Å²) < 4.78 is 0. The van der Waals surface area contributed by atoms with Crippen molar-refractivity contribution in [1.82, 2.24) is 10.3 Å². The number of nitrogens with one attached hydrogen (secondary N) is 2. The first-order valence-corrected chi connectivity index (χ1v) is 12.1. The molecule has 2 heterocycles. The Morgan fingerprint density at radius 1 is 0.838 bits per heavy atom. The number of anilines is 1. The van der Waals surface area contributed by atoms with Crippen LogP contribution in [0.4, 0.5) is 5.69 Å². The van der Waals surface area contributed by atoms with Gasteiger partial charge in [0.05, 0.1) is 17.9 Å². The third-order valence-electron chi connectivity index (χ3n) is 6.48. The van der Waals surface area contributed by atoms with Crippen LogP contribution < -0.4 is 10.2 Å². The highest BCUT2D eigenvalue weighted by Crippen LogP contribution is 2.29. The number of amides is 2. The summed E-state index contributed by atoms with van der Waals surface area (Å²) >= 11 is 0. The van der Waals surface area contributed by atoms with Gasteiger partial charge in [0.2, 0.25) is 6.17 Å². The lowest BCUT2D eigenvalue weighted by Crippen LogP contribution is -2.47. The monoisotopic (exact) mass is 484 g/mol. The van der Waals surface area contributed by atoms with E-state index in [1.54, 1.807) is 11.0 Å². The Bertz CT molecular complexity index is 1590. The standard InChI is InChI=1S/C31H24N4O2/c36-30(26-19-23-15-7-9-17-25(23)32-26)34-29-31(37)35(20-21-11-3-1-4-12-21)27-18-10-8-16-24(27)28(33-29)22-13-5-2-6-14-22/h1-19,29,32H,20H2,(H,34,36)/t29-/m1/s1. The number of hydrogen-bond acceptors (Lipinski definition) is 3. The Kier molecular flexibility index (Phi) is 5.83. The molecule has 2 amide bonds. The van der Waals surface area contributed by atoms with Gasteiger partial charge in [-0.05, 0) is 23.8 Å². The van der Waals surface area contributed by atoms with Gasteiger partial charge in [-0.25, -0.2) is 4.99 Å². The number of carbonyl (C=O) groups excluding carboxylic acids is 2. The molecule has 0 spiro atoms. The summed E-state index contributed by atoms with van der Waals surface area (Å²) in [6.07, 6.45) is -1.11. The number of benzene rings is 4. The lowest BCUT2D eigenvalue weighted by molar-refractivity contribution is -0.120. The zero-order valence-corrected chi connectivity index (χ0v) is 20.0. The number of H-pyrrole nitrogens is 1. The van der Waals surface area contributed by atoms with Crippen LogP contribution in [0.3, 0.4) is 0 Å². The highest BCUT2D eigenvalue weighted by Gasteiger charge is 2.33. The first-order chi connectivity index (χ1) is 18.2. The fourth-order valence-corrected chi connectivity index (χ4v) is 4.68. The highest BCUT2D eigenvalue weighted by molar-refractivity contribution is 6.20. The molecule has 1 aliphatic heterocycles. The fraction of sp³-hybridized carbons (Fsp3) is 0.0645. The van der Waals surface area contributed by atoms with Gasteiger partial charge in [0.15, 0.2) is 0 Å². The summed E-state index contributed by atoms with van der Waals surface area (Å²) in [6, 6.07) is 36.7. The van der Waals surface area contributed by atoms with Gasteiger partial charge in [-0.3, -0.25) is 9.59 Å². The molecule has 0 bridgehead atoms. The highest BCUT2D eigenvalue weighted by atomic mass is 16.2. The largest absolute Gasteiger partial charge is 0.351 e. The Balaban J connectivity index is 1.44. The Morgan fingerprint density at radius 3 is 2.30 bits per heavy atom. The summed E-state index contributed by atoms with van der Waals surface area (Å²) in [5, 5.41) is 3.81. The van der Waals surface area contributed by atoms with E-state index in [9.17, 15) is 9.59 Å². The predicted molar refractivity (Wildman–Crippen MR) is 146 cm³/mol. The van der Waals surface area contributed by atoms with Gasteiger partial charge in [-0.2, -0.15) is 0 Å². The molecule has 1 aromatic heterocycles. The number of para-hydroxylation sites is 2. The van der Waals surface area contributed by atoms with Crippen molar-refractivity contribution in [2.24, 2.45) is 4.99 Å². The van der Waals surface area contributed by atoms with E-state index in [4.69, 9.17) is 4.99 Å². The van der Waals surface area contributed by atoms with Crippen LogP contribution >= 0.6 is 0 Å². The molecule has 6 rings (SSSR count). The summed E-state index contributed by atoms with van der Waals surface area (Å²) in [4.78, 5) is 37.1. The van der Waals surface area contributed by atoms with Crippen LogP contribution in [0.15, 0.2) is 120 Å². The third-order valence-corrected chi connectivity index (χ3v) is 6.48. The minimum absolute atomic E-state index is 0.299. The molecule has 0 radical (unpaired) electrons. The molecule has 0 aliphatic carbocycles. The fourth-order valence-electron chi connectivity index (χ4n) is 4.68. The number of hydrogen-bond donors (Lipinski definition) is 2. The van der Waals surface area contributed by atoms with Crippen molar-refractivity contribution in [3.63, 3.8) is 0 Å². The molecule has 0 saturated carbocycles. The maximum Gasteiger partial charge on any atom is 0.272 e. The molecule has 2 N–H and O–H groups in total. The molecule has 0 fully saturated rings. The topological polar surface area (TPSA) is 77.6 Å². The Labute approximate surface area is 214 Å². The van der Waals surface area contributed by atoms with E-state index < -0.39 is 12.1 Å². The predicted octanol–water partition coefficient (Wildman–Crippen LogP) is 5.31. The van der Waals surface area contributed by atoms with Crippen molar-refractivity contribution < 1.29 is 9.59 Å². The van der Waals surface area contributed by atoms with Gasteiger partial charge >= 0.3 is 0 Å². The number of fused-ring (bicyclic) bond motifs is 2. The maximum absolute atomic E-state index is 14.0. The van der Waals surface area contributed by atoms with Gasteiger partial charge in [-0.15, -0.1) is 0 Å². The molecular weight excluding hydrogens is 460 g/mol. The molecule has 5 aromatic rings. The number of aromatic amines is 1. The quantitative estimate of drug-likeness (QED) is 0.355. The van der Waals surface area contributed by atoms with Crippen LogP contribution in [0, 0.1) is 0 Å². The smallest absolute Gasteiger partial charge is 0.272 e. The number of carbonyl (C=O) groups is 2. The summed E-state index contributed by atoms with van der Waals surface area (Å²) in [5.41, 5.74) is 5.32. The summed E-state index contributed by atoms with van der Waals surface area (Å²) in [6.45, 7) is 0.354. The van der Waals surface area contributed by atoms with Crippen LogP contribution in [-0.4, -0.2) is 28.7 Å². The van der Waals surface area contributed by atoms with E-state index in [1.807, 2.05) is 109 Å². The van der Waals surface area contributed by atoms with Crippen molar-refractivity contribution in [1.29, 1.82) is 0 Å². The molecule has 4 aromatic carbocycles. The second kappa shape index (κ2) is 9.59. The van der Waals surface area contributed by atoms with Crippen molar-refractivity contribution in [2.45, 2.75) is 12.7 Å². The minimum Gasteiger partial charge on any atom is -0.351 e. The Morgan fingerprint density at radius 2 is 1.51 bits per heavy atom. The maximum atomic E-state index is 14.0. The zero-order chi connectivity index (χ0) is 25.2. The molecule has 1 atom stereocenters. The normalized spacial score (nSPS) is 15.1. The molecule has 6 heteroatoms. The molecule has 37 heavy (non-hydrogen) atoms. The van der Waals surface area contributed by atoms with Crippen molar-refractivity contribution in [3.8, 4) is 0 Å². The van der Waals surface area contributed by atoms with E-state index in [0.29, 0.717) is 18.0 Å². The number of nitrogens with zero attached hydrogens (tertiary/aromatic N) is 2. The van der Waals surface area contributed by atoms with Crippen molar-refractivity contribution in [3.05, 3.63) is 138 Å². The van der Waals surface area contributed by atoms with Crippen LogP contribution in [0.1, 0.15) is 27.2 Å². The zero-order valence-electron chi connectivity index (χ0n) is 20.0. The van der Waals surface area contributed by atoms with Gasteiger partial charge < -0.3 is 15.2 Å². The first-order valence-electron chi connectivity index (χ1n) is 12.1. The van der Waals surface area contributed by atoms with Crippen molar-refractivity contribution >= 4 is 34.1 Å². The van der Waals surface area contributed by atoms with Gasteiger partial charge in [0, 0.05) is 22.0 Å². The summed E-state index contributed by atoms with van der Waals surface area (Å²) in [5.74, 6) is -0.692. The van der Waals surface area contributed by atoms with Crippen LogP contribution in [0.2, 0.25) is 0 Å². The van der Waals surface area contributed by atoms with E-state index in [2.05, 4.69) is 10.3 Å². The molecule has 180 valence electrons. The second-order valence-electron chi connectivity index (χ2n) is 8.92. The lowest BCUT2D eigenvalue weighted by atomic mass is 10.00. The van der Waals surface area contributed by atoms with E-state index in [-0.39, 0.29) is 5.91 Å². The lowest BCUT2D eigenvalue weighted by Gasteiger charge is -2.25. The van der Waals surface area contributed by atoms with Crippen molar-refractivity contribution in [2.75, 3.05) is 4.90 Å². The molecule has 0 unspecified atom stereocenters. The summed E-state index contributed by atoms with van der Waals surface area (Å²) in [7, 11) is 0. The van der Waals surface area contributed by atoms with E-state index >= 15 is 0 Å². The minimum atomic E-state index is -1.11. The number of aliphatic imine (C=N–C) groups is 1. The Hall–Kier alpha value is -4.97. The molecule has 6 nitrogen and oxygen atoms in total. The van der Waals surface area contributed by atoms with E-state index in [1.165, 1.54) is 0 Å². The molecule has 1 aliphatic rings. The number of rotatable bonds is 5. The second-order valence-corrected chi connectivity index (χ2v) is 8.92. The van der Waals surface area contributed by atoms with Crippen LogP contribution in [0.5, 0.6) is 0 Å². The average molecular weight is 485 g/mol. The first kappa shape index (κ1) is 22.5. The molecule has 0 saturated heterocycles. The SMILES string of the molecule is O=C(N[C@H]1N=C(c2ccccc2)c2ccccc2N(Cc2ccccc2)C1=O)c1cc2ccccc2[nH]1. The molecular formula is C31H24N4O2. The van der Waals surface area contributed by atoms with Gasteiger partial charge in [0.1, 0.15) is 5.69 Å². The van der Waals surface area contributed by atoms with Crippen LogP contribution in [-0.2, 0) is 11.3 Å².